The van der Waals surface area contributed by atoms with Crippen molar-refractivity contribution in [3.63, 3.8) is 0 Å². The number of nitrogens with zero attached hydrogens (tertiary/aromatic N) is 1. The highest BCUT2D eigenvalue weighted by molar-refractivity contribution is 5.00. The van der Waals surface area contributed by atoms with Crippen LogP contribution in [0.1, 0.15) is 26.2 Å². The molecular weight excluding hydrogens is 148 g/mol. The molecule has 0 aromatic rings. The van der Waals surface area contributed by atoms with Crippen LogP contribution >= 0.6 is 0 Å². The standard InChI is InChI=1S/C10H20N2/c1-9-8-12(7-5-11)6-4-10(9)2-3-10/h9H,2-8,11H2,1H3. The van der Waals surface area contributed by atoms with Crippen molar-refractivity contribution < 1.29 is 0 Å². The van der Waals surface area contributed by atoms with E-state index in [1.165, 1.54) is 32.4 Å². The van der Waals surface area contributed by atoms with Crippen LogP contribution in [0.15, 0.2) is 0 Å². The molecule has 1 aliphatic carbocycles. The maximum absolute atomic E-state index is 5.55. The number of likely N-dealkylation sites (tertiary alicyclic amines) is 1. The normalized spacial score (nSPS) is 34.0. The summed E-state index contributed by atoms with van der Waals surface area (Å²) in [5.41, 5.74) is 6.33. The lowest BCUT2D eigenvalue weighted by Crippen LogP contribution is -2.42. The van der Waals surface area contributed by atoms with Crippen LogP contribution in [-0.4, -0.2) is 31.1 Å². The average molecular weight is 168 g/mol. The lowest BCUT2D eigenvalue weighted by atomic mass is 9.84. The molecule has 2 nitrogen and oxygen atoms in total. The van der Waals surface area contributed by atoms with Gasteiger partial charge in [-0.25, -0.2) is 0 Å². The fourth-order valence-corrected chi connectivity index (χ4v) is 2.59. The van der Waals surface area contributed by atoms with E-state index in [4.69, 9.17) is 5.73 Å². The molecule has 1 saturated heterocycles. The molecule has 0 bridgehead atoms. The molecule has 1 heterocycles. The molecule has 1 saturated carbocycles. The van der Waals surface area contributed by atoms with E-state index in [1.807, 2.05) is 0 Å². The van der Waals surface area contributed by atoms with Gasteiger partial charge in [0.2, 0.25) is 0 Å². The fraction of sp³-hybridized carbons (Fsp3) is 1.00. The van der Waals surface area contributed by atoms with E-state index < -0.39 is 0 Å². The van der Waals surface area contributed by atoms with Crippen molar-refractivity contribution in [1.82, 2.24) is 4.90 Å². The first-order valence-corrected chi connectivity index (χ1v) is 5.19. The summed E-state index contributed by atoms with van der Waals surface area (Å²) in [7, 11) is 0. The summed E-state index contributed by atoms with van der Waals surface area (Å²) in [5.74, 6) is 0.915. The van der Waals surface area contributed by atoms with Crippen LogP contribution in [0.25, 0.3) is 0 Å². The Kier molecular flexibility index (Phi) is 2.13. The van der Waals surface area contributed by atoms with Crippen molar-refractivity contribution in [1.29, 1.82) is 0 Å². The predicted molar refractivity (Wildman–Crippen MR) is 50.9 cm³/mol. The molecule has 1 spiro atoms. The highest BCUT2D eigenvalue weighted by Crippen LogP contribution is 2.56. The van der Waals surface area contributed by atoms with Crippen LogP contribution < -0.4 is 5.73 Å². The van der Waals surface area contributed by atoms with Gasteiger partial charge in [-0.3, -0.25) is 0 Å². The minimum atomic E-state index is 0.783. The van der Waals surface area contributed by atoms with Crippen molar-refractivity contribution >= 4 is 0 Å². The lowest BCUT2D eigenvalue weighted by molar-refractivity contribution is 0.118. The van der Waals surface area contributed by atoms with Crippen LogP contribution in [0.4, 0.5) is 0 Å². The Balaban J connectivity index is 1.86. The molecule has 2 fully saturated rings. The summed E-state index contributed by atoms with van der Waals surface area (Å²) in [4.78, 5) is 2.52. The molecule has 2 aliphatic rings. The van der Waals surface area contributed by atoms with Gasteiger partial charge in [-0.1, -0.05) is 6.92 Å². The summed E-state index contributed by atoms with van der Waals surface area (Å²) < 4.78 is 0. The number of hydrogen-bond acceptors (Lipinski definition) is 2. The second-order valence-electron chi connectivity index (χ2n) is 4.60. The second-order valence-corrected chi connectivity index (χ2v) is 4.60. The summed E-state index contributed by atoms with van der Waals surface area (Å²) in [6, 6.07) is 0. The summed E-state index contributed by atoms with van der Waals surface area (Å²) in [5, 5.41) is 0. The van der Waals surface area contributed by atoms with Gasteiger partial charge in [0.1, 0.15) is 0 Å². The Bertz CT molecular complexity index is 163. The SMILES string of the molecule is CC1CN(CCN)CCC12CC2. The number of rotatable bonds is 2. The highest BCUT2D eigenvalue weighted by atomic mass is 15.1. The van der Waals surface area contributed by atoms with E-state index in [2.05, 4.69) is 11.8 Å². The predicted octanol–water partition coefficient (Wildman–Crippen LogP) is 1.07. The topological polar surface area (TPSA) is 29.3 Å². The van der Waals surface area contributed by atoms with Crippen LogP contribution in [0.5, 0.6) is 0 Å². The largest absolute Gasteiger partial charge is 0.329 e. The molecule has 12 heavy (non-hydrogen) atoms. The average Bonchev–Trinajstić information content (AvgIpc) is 2.80. The Morgan fingerprint density at radius 3 is 2.67 bits per heavy atom. The van der Waals surface area contributed by atoms with E-state index in [9.17, 15) is 0 Å². The van der Waals surface area contributed by atoms with Crippen LogP contribution in [0.3, 0.4) is 0 Å². The molecule has 1 aliphatic heterocycles. The maximum Gasteiger partial charge on any atom is 0.0105 e. The summed E-state index contributed by atoms with van der Waals surface area (Å²) in [6.45, 7) is 6.91. The molecule has 0 aromatic heterocycles. The third kappa shape index (κ3) is 1.38. The van der Waals surface area contributed by atoms with Gasteiger partial charge < -0.3 is 10.6 Å². The van der Waals surface area contributed by atoms with Gasteiger partial charge in [0.05, 0.1) is 0 Å². The van der Waals surface area contributed by atoms with Gasteiger partial charge in [0, 0.05) is 19.6 Å². The van der Waals surface area contributed by atoms with Crippen molar-refractivity contribution in [3.8, 4) is 0 Å². The monoisotopic (exact) mass is 168 g/mol. The first-order chi connectivity index (χ1) is 5.77. The van der Waals surface area contributed by atoms with Gasteiger partial charge >= 0.3 is 0 Å². The zero-order valence-corrected chi connectivity index (χ0v) is 8.05. The zero-order chi connectivity index (χ0) is 8.60. The molecule has 0 radical (unpaired) electrons. The van der Waals surface area contributed by atoms with E-state index >= 15 is 0 Å². The molecule has 1 unspecified atom stereocenters. The van der Waals surface area contributed by atoms with Gasteiger partial charge in [-0.2, -0.15) is 0 Å². The number of nitrogens with two attached hydrogens (primary N) is 1. The molecule has 70 valence electrons. The second kappa shape index (κ2) is 3.00. The van der Waals surface area contributed by atoms with E-state index in [0.29, 0.717) is 0 Å². The van der Waals surface area contributed by atoms with E-state index in [-0.39, 0.29) is 0 Å². The maximum atomic E-state index is 5.55. The van der Waals surface area contributed by atoms with Crippen molar-refractivity contribution in [2.24, 2.45) is 17.1 Å². The summed E-state index contributed by atoms with van der Waals surface area (Å²) in [6.07, 6.45) is 4.41. The quantitative estimate of drug-likeness (QED) is 0.668. The van der Waals surface area contributed by atoms with Gasteiger partial charge in [-0.15, -0.1) is 0 Å². The van der Waals surface area contributed by atoms with Gasteiger partial charge in [0.15, 0.2) is 0 Å². The van der Waals surface area contributed by atoms with Crippen LogP contribution in [-0.2, 0) is 0 Å². The summed E-state index contributed by atoms with van der Waals surface area (Å²) >= 11 is 0. The fourth-order valence-electron chi connectivity index (χ4n) is 2.59. The van der Waals surface area contributed by atoms with E-state index in [0.717, 1.165) is 24.4 Å². The van der Waals surface area contributed by atoms with Crippen molar-refractivity contribution in [2.45, 2.75) is 26.2 Å². The van der Waals surface area contributed by atoms with Crippen molar-refractivity contribution in [3.05, 3.63) is 0 Å². The van der Waals surface area contributed by atoms with E-state index in [1.54, 1.807) is 0 Å². The molecule has 2 heteroatoms. The van der Waals surface area contributed by atoms with Gasteiger partial charge in [-0.05, 0) is 37.1 Å². The Hall–Kier alpha value is -0.0800. The third-order valence-electron chi connectivity index (χ3n) is 3.84. The number of hydrogen-bond donors (Lipinski definition) is 1. The third-order valence-corrected chi connectivity index (χ3v) is 3.84. The molecule has 0 aromatic carbocycles. The lowest BCUT2D eigenvalue weighted by Gasteiger charge is -2.37. The minimum Gasteiger partial charge on any atom is -0.329 e. The first-order valence-electron chi connectivity index (χ1n) is 5.19. The Morgan fingerprint density at radius 2 is 2.17 bits per heavy atom. The highest BCUT2D eigenvalue weighted by Gasteiger charge is 2.49. The van der Waals surface area contributed by atoms with Crippen molar-refractivity contribution in [2.75, 3.05) is 26.2 Å². The molecule has 1 atom stereocenters. The first kappa shape index (κ1) is 8.52. The molecule has 0 amide bonds. The Morgan fingerprint density at radius 1 is 1.42 bits per heavy atom. The van der Waals surface area contributed by atoms with Crippen LogP contribution in [0.2, 0.25) is 0 Å². The minimum absolute atomic E-state index is 0.783. The molecule has 2 N–H and O–H groups in total. The van der Waals surface area contributed by atoms with Crippen LogP contribution in [0, 0.1) is 11.3 Å². The zero-order valence-electron chi connectivity index (χ0n) is 8.05. The Labute approximate surface area is 75.1 Å². The van der Waals surface area contributed by atoms with Gasteiger partial charge in [0.25, 0.3) is 0 Å². The molecular formula is C10H20N2. The molecule has 2 rings (SSSR count). The smallest absolute Gasteiger partial charge is 0.0105 e. The number of piperidine rings is 1.